The van der Waals surface area contributed by atoms with Crippen LogP contribution in [0.25, 0.3) is 11.0 Å². The number of H-pyrrole nitrogens is 1. The lowest BCUT2D eigenvalue weighted by Crippen LogP contribution is -2.23. The number of nitrogens with two attached hydrogens (primary N) is 1. The first kappa shape index (κ1) is 16.7. The number of hydrogen-bond acceptors (Lipinski definition) is 4. The van der Waals surface area contributed by atoms with Gasteiger partial charge in [0.1, 0.15) is 17.6 Å². The molecule has 4 rings (SSSR count). The summed E-state index contributed by atoms with van der Waals surface area (Å²) in [6.07, 6.45) is 4.12. The van der Waals surface area contributed by atoms with E-state index in [4.69, 9.17) is 32.3 Å². The maximum atomic E-state index is 8.94. The number of aromatic nitrogens is 2. The van der Waals surface area contributed by atoms with Crippen LogP contribution < -0.4 is 10.5 Å². The molecule has 0 bridgehead atoms. The average molecular weight is 367 g/mol. The van der Waals surface area contributed by atoms with Crippen LogP contribution in [0.15, 0.2) is 36.4 Å². The first-order valence-electron chi connectivity index (χ1n) is 8.74. The fraction of sp³-hybridized carbons (Fsp3) is 0.300. The second kappa shape index (κ2) is 6.89. The van der Waals surface area contributed by atoms with E-state index in [1.54, 1.807) is 18.2 Å². The normalized spacial score (nSPS) is 20.0. The number of nitrogen functional groups attached to an aromatic ring is 1. The number of halogens is 1. The van der Waals surface area contributed by atoms with E-state index in [2.05, 4.69) is 11.1 Å². The van der Waals surface area contributed by atoms with Gasteiger partial charge in [-0.25, -0.2) is 4.98 Å². The second-order valence-electron chi connectivity index (χ2n) is 6.74. The highest BCUT2D eigenvalue weighted by Crippen LogP contribution is 2.34. The first-order chi connectivity index (χ1) is 12.6. The molecule has 0 radical (unpaired) electrons. The van der Waals surface area contributed by atoms with E-state index in [9.17, 15) is 0 Å². The predicted octanol–water partition coefficient (Wildman–Crippen LogP) is 4.78. The van der Waals surface area contributed by atoms with E-state index in [-0.39, 0.29) is 6.10 Å². The van der Waals surface area contributed by atoms with Gasteiger partial charge < -0.3 is 15.5 Å². The van der Waals surface area contributed by atoms with E-state index in [1.165, 1.54) is 0 Å². The van der Waals surface area contributed by atoms with Gasteiger partial charge in [0.15, 0.2) is 0 Å². The summed E-state index contributed by atoms with van der Waals surface area (Å²) in [4.78, 5) is 8.13. The molecule has 5 nitrogen and oxygen atoms in total. The van der Waals surface area contributed by atoms with Gasteiger partial charge >= 0.3 is 0 Å². The fourth-order valence-electron chi connectivity index (χ4n) is 3.54. The number of fused-ring (bicyclic) bond motifs is 1. The van der Waals surface area contributed by atoms with Crippen LogP contribution in [0.4, 0.5) is 5.69 Å². The van der Waals surface area contributed by atoms with Crippen LogP contribution in [0.3, 0.4) is 0 Å². The number of nitriles is 1. The van der Waals surface area contributed by atoms with Crippen molar-refractivity contribution in [2.75, 3.05) is 5.73 Å². The van der Waals surface area contributed by atoms with Crippen molar-refractivity contribution in [1.82, 2.24) is 9.97 Å². The van der Waals surface area contributed by atoms with Crippen LogP contribution in [0.1, 0.15) is 43.0 Å². The monoisotopic (exact) mass is 366 g/mol. The Morgan fingerprint density at radius 3 is 2.69 bits per heavy atom. The molecule has 26 heavy (non-hydrogen) atoms. The molecule has 1 aliphatic rings. The van der Waals surface area contributed by atoms with Gasteiger partial charge in [0.2, 0.25) is 0 Å². The molecular weight excluding hydrogens is 348 g/mol. The van der Waals surface area contributed by atoms with E-state index in [0.717, 1.165) is 54.0 Å². The number of imidazole rings is 1. The molecule has 2 aromatic carbocycles. The lowest BCUT2D eigenvalue weighted by atomic mass is 9.87. The quantitative estimate of drug-likeness (QED) is 0.653. The maximum absolute atomic E-state index is 8.94. The summed E-state index contributed by atoms with van der Waals surface area (Å²) in [6, 6.07) is 13.0. The van der Waals surface area contributed by atoms with E-state index in [0.29, 0.717) is 16.5 Å². The molecule has 132 valence electrons. The summed E-state index contributed by atoms with van der Waals surface area (Å²) in [5, 5.41) is 9.38. The summed E-state index contributed by atoms with van der Waals surface area (Å²) < 4.78 is 6.05. The van der Waals surface area contributed by atoms with Crippen molar-refractivity contribution in [3.05, 3.63) is 52.8 Å². The van der Waals surface area contributed by atoms with E-state index < -0.39 is 0 Å². The summed E-state index contributed by atoms with van der Waals surface area (Å²) in [5.41, 5.74) is 8.98. The highest BCUT2D eigenvalue weighted by atomic mass is 35.5. The van der Waals surface area contributed by atoms with Crippen LogP contribution in [0, 0.1) is 11.3 Å². The van der Waals surface area contributed by atoms with Gasteiger partial charge in [-0.05, 0) is 56.0 Å². The molecule has 6 heteroatoms. The highest BCUT2D eigenvalue weighted by Gasteiger charge is 2.25. The Balaban J connectivity index is 1.40. The van der Waals surface area contributed by atoms with Gasteiger partial charge in [-0.15, -0.1) is 0 Å². The maximum Gasteiger partial charge on any atom is 0.121 e. The van der Waals surface area contributed by atoms with Crippen molar-refractivity contribution in [1.29, 1.82) is 5.26 Å². The number of nitrogens with one attached hydrogen (secondary N) is 1. The molecular formula is C20H19ClN4O. The Hall–Kier alpha value is -2.71. The number of benzene rings is 2. The molecule has 1 aromatic heterocycles. The third-order valence-corrected chi connectivity index (χ3v) is 5.26. The van der Waals surface area contributed by atoms with Crippen molar-refractivity contribution in [3.63, 3.8) is 0 Å². The number of hydrogen-bond donors (Lipinski definition) is 2. The standard InChI is InChI=1S/C20H19ClN4O/c21-17-10-16(7-3-13(17)11-22)26-15-5-1-12(2-6-15)20-24-18-8-4-14(23)9-19(18)25-20/h3-4,7-10,12,15H,1-2,5-6,23H2,(H,24,25)/t12-,15-. The molecule has 1 aliphatic carbocycles. The molecule has 0 unspecified atom stereocenters. The molecule has 1 fully saturated rings. The number of aromatic amines is 1. The largest absolute Gasteiger partial charge is 0.490 e. The Bertz CT molecular complexity index is 983. The molecule has 1 saturated carbocycles. The number of rotatable bonds is 3. The average Bonchev–Trinajstić information content (AvgIpc) is 3.05. The fourth-order valence-corrected chi connectivity index (χ4v) is 3.76. The summed E-state index contributed by atoms with van der Waals surface area (Å²) in [5.74, 6) is 2.16. The third-order valence-electron chi connectivity index (χ3n) is 4.95. The van der Waals surface area contributed by atoms with Crippen LogP contribution in [-0.2, 0) is 0 Å². The molecule has 0 atom stereocenters. The first-order valence-corrected chi connectivity index (χ1v) is 9.11. The topological polar surface area (TPSA) is 87.7 Å². The van der Waals surface area contributed by atoms with Crippen molar-refractivity contribution in [2.45, 2.75) is 37.7 Å². The molecule has 3 N–H and O–H groups in total. The minimum Gasteiger partial charge on any atom is -0.490 e. The third kappa shape index (κ3) is 3.33. The zero-order valence-electron chi connectivity index (χ0n) is 14.2. The van der Waals surface area contributed by atoms with Crippen LogP contribution in [-0.4, -0.2) is 16.1 Å². The zero-order valence-corrected chi connectivity index (χ0v) is 15.0. The number of anilines is 1. The summed E-state index contributed by atoms with van der Waals surface area (Å²) >= 11 is 6.08. The molecule has 0 saturated heterocycles. The molecule has 0 aliphatic heterocycles. The van der Waals surface area contributed by atoms with Crippen molar-refractivity contribution < 1.29 is 4.74 Å². The van der Waals surface area contributed by atoms with Gasteiger partial charge in [0.25, 0.3) is 0 Å². The van der Waals surface area contributed by atoms with Gasteiger partial charge in [0.05, 0.1) is 27.7 Å². The van der Waals surface area contributed by atoms with Crippen molar-refractivity contribution >= 4 is 28.3 Å². The predicted molar refractivity (Wildman–Crippen MR) is 102 cm³/mol. The smallest absolute Gasteiger partial charge is 0.121 e. The highest BCUT2D eigenvalue weighted by molar-refractivity contribution is 6.31. The van der Waals surface area contributed by atoms with Crippen LogP contribution >= 0.6 is 11.6 Å². The molecule has 0 spiro atoms. The summed E-state index contributed by atoms with van der Waals surface area (Å²) in [6.45, 7) is 0. The van der Waals surface area contributed by atoms with Gasteiger partial charge in [-0.1, -0.05) is 11.6 Å². The molecule has 1 heterocycles. The lowest BCUT2D eigenvalue weighted by molar-refractivity contribution is 0.145. The second-order valence-corrected chi connectivity index (χ2v) is 7.15. The zero-order chi connectivity index (χ0) is 18.1. The van der Waals surface area contributed by atoms with Gasteiger partial charge in [-0.3, -0.25) is 0 Å². The van der Waals surface area contributed by atoms with Crippen LogP contribution in [0.5, 0.6) is 5.75 Å². The number of ether oxygens (including phenoxy) is 1. The molecule has 0 amide bonds. The van der Waals surface area contributed by atoms with Crippen molar-refractivity contribution in [3.8, 4) is 11.8 Å². The minimum atomic E-state index is 0.162. The Labute approximate surface area is 156 Å². The van der Waals surface area contributed by atoms with Gasteiger partial charge in [-0.2, -0.15) is 5.26 Å². The SMILES string of the molecule is N#Cc1ccc(O[C@H]2CC[C@H](c3nc4cc(N)ccc4[nH]3)CC2)cc1Cl. The van der Waals surface area contributed by atoms with Gasteiger partial charge in [0, 0.05) is 17.7 Å². The lowest BCUT2D eigenvalue weighted by Gasteiger charge is -2.28. The van der Waals surface area contributed by atoms with E-state index in [1.807, 2.05) is 18.2 Å². The van der Waals surface area contributed by atoms with Crippen molar-refractivity contribution in [2.24, 2.45) is 0 Å². The Kier molecular flexibility index (Phi) is 4.44. The van der Waals surface area contributed by atoms with E-state index >= 15 is 0 Å². The number of nitrogens with zero attached hydrogens (tertiary/aromatic N) is 2. The van der Waals surface area contributed by atoms with Crippen LogP contribution in [0.2, 0.25) is 5.02 Å². The Morgan fingerprint density at radius 2 is 1.96 bits per heavy atom. The minimum absolute atomic E-state index is 0.162. The Morgan fingerprint density at radius 1 is 1.15 bits per heavy atom. The molecule has 3 aromatic rings. The summed E-state index contributed by atoms with van der Waals surface area (Å²) in [7, 11) is 0.